The zero-order valence-electron chi connectivity index (χ0n) is 44.5. The maximum Gasteiger partial charge on any atom is 0.127 e. The zero-order valence-corrected chi connectivity index (χ0v) is 44.5. The Bertz CT molecular complexity index is 1640. The number of aromatic hydroxyl groups is 2. The van der Waals surface area contributed by atoms with Crippen molar-refractivity contribution in [1.82, 2.24) is 10.9 Å². The van der Waals surface area contributed by atoms with Gasteiger partial charge in [0.25, 0.3) is 0 Å². The molecule has 0 amide bonds. The van der Waals surface area contributed by atoms with Gasteiger partial charge in [-0.25, -0.2) is 0 Å². The number of ether oxygens (including phenoxy) is 2. The molecule has 8 atom stereocenters. The monoisotopic (exact) mass is 889 g/mol. The molecule has 4 N–H and O–H groups in total. The van der Waals surface area contributed by atoms with E-state index in [1.165, 1.54) is 89.9 Å². The first-order valence-electron chi connectivity index (χ1n) is 26.6. The van der Waals surface area contributed by atoms with E-state index < -0.39 is 11.2 Å². The third-order valence-electron chi connectivity index (χ3n) is 16.6. The summed E-state index contributed by atoms with van der Waals surface area (Å²) in [5.41, 5.74) is 14.9. The van der Waals surface area contributed by atoms with Crippen LogP contribution in [0, 0.1) is 77.0 Å². The summed E-state index contributed by atoms with van der Waals surface area (Å²) in [4.78, 5) is 0. The fraction of sp³-hybridized carbons (Fsp3) is 0.793. The first-order valence-corrected chi connectivity index (χ1v) is 26.6. The molecular formula is C58H100N2O4. The summed E-state index contributed by atoms with van der Waals surface area (Å²) in [6.07, 6.45) is 24.1. The van der Waals surface area contributed by atoms with Gasteiger partial charge in [-0.3, -0.25) is 10.9 Å². The number of rotatable bonds is 27. The van der Waals surface area contributed by atoms with E-state index in [0.29, 0.717) is 23.3 Å². The van der Waals surface area contributed by atoms with Crippen LogP contribution in [0.3, 0.4) is 0 Å². The Morgan fingerprint density at radius 2 is 0.719 bits per heavy atom. The summed E-state index contributed by atoms with van der Waals surface area (Å²) >= 11 is 0. The number of hydrazine groups is 1. The summed E-state index contributed by atoms with van der Waals surface area (Å²) in [6, 6.07) is -0.0650. The van der Waals surface area contributed by atoms with Gasteiger partial charge in [0.05, 0.1) is 12.1 Å². The molecule has 4 rings (SSSR count). The molecule has 2 aromatic rings. The van der Waals surface area contributed by atoms with E-state index in [9.17, 15) is 10.2 Å². The van der Waals surface area contributed by atoms with Gasteiger partial charge in [0, 0.05) is 11.1 Å². The van der Waals surface area contributed by atoms with Gasteiger partial charge in [0.1, 0.15) is 34.2 Å². The van der Waals surface area contributed by atoms with Crippen molar-refractivity contribution in [1.29, 1.82) is 0 Å². The molecule has 0 saturated carbocycles. The van der Waals surface area contributed by atoms with Crippen LogP contribution in [0.25, 0.3) is 0 Å². The van der Waals surface area contributed by atoms with Gasteiger partial charge in [-0.05, 0) is 163 Å². The minimum absolute atomic E-state index is 0.0325. The summed E-state index contributed by atoms with van der Waals surface area (Å²) in [5, 5.41) is 22.5. The SMILES string of the molecule is Cc1c(C)c2c(c(C)c1O)CC(NNC1Cc3c(C)c(O)c(C)c(C)c3O[C@@]1(C)CCC[C@H](C)CCC[C@@H](C)CCCC(C)C)[C@](C)(CCC[C@H](C)CCC[C@@H](C)CCCC(C)C)O2. The van der Waals surface area contributed by atoms with Gasteiger partial charge in [-0.2, -0.15) is 0 Å². The second-order valence-electron chi connectivity index (χ2n) is 23.4. The standard InChI is InChI=1S/C58H100N2O4/c1-37(2)23-17-25-39(5)27-19-29-41(7)31-21-33-57(15)51(35-49-47(13)53(61)43(9)45(11)55(49)63-57)59-60-52-36-50-48(14)54(62)44(10)46(12)56(50)64-58(52,16)34-22-32-42(8)30-20-28-40(6)26-18-24-38(3)4/h37-42,51-52,59-62H,17-36H2,1-16H3/t39-,40-,41+,42+,51?,52?,57-,58-/m0/s1. The topological polar surface area (TPSA) is 83.0 Å². The Labute approximate surface area is 394 Å². The largest absolute Gasteiger partial charge is 0.507 e. The number of phenolic OH excluding ortho intramolecular Hbond substituents is 2. The van der Waals surface area contributed by atoms with Crippen molar-refractivity contribution in [3.8, 4) is 23.0 Å². The predicted octanol–water partition coefficient (Wildman–Crippen LogP) is 15.7. The fourth-order valence-electron chi connectivity index (χ4n) is 11.2. The lowest BCUT2D eigenvalue weighted by Gasteiger charge is -2.48. The van der Waals surface area contributed by atoms with Crippen LogP contribution in [0.1, 0.15) is 229 Å². The lowest BCUT2D eigenvalue weighted by molar-refractivity contribution is -0.0136. The molecule has 0 radical (unpaired) electrons. The second-order valence-corrected chi connectivity index (χ2v) is 23.4. The summed E-state index contributed by atoms with van der Waals surface area (Å²) in [6.45, 7) is 36.1. The Morgan fingerprint density at radius 1 is 0.438 bits per heavy atom. The number of fused-ring (bicyclic) bond motifs is 2. The molecule has 0 spiro atoms. The van der Waals surface area contributed by atoms with Crippen LogP contribution in [0.5, 0.6) is 23.0 Å². The lowest BCUT2D eigenvalue weighted by Crippen LogP contribution is -2.66. The molecule has 6 heteroatoms. The van der Waals surface area contributed by atoms with Crippen molar-refractivity contribution in [2.24, 2.45) is 35.5 Å². The smallest absolute Gasteiger partial charge is 0.127 e. The van der Waals surface area contributed by atoms with Crippen molar-refractivity contribution in [3.05, 3.63) is 44.5 Å². The highest BCUT2D eigenvalue weighted by Gasteiger charge is 2.46. The van der Waals surface area contributed by atoms with Crippen molar-refractivity contribution in [2.75, 3.05) is 0 Å². The number of hydrogen-bond donors (Lipinski definition) is 4. The highest BCUT2D eigenvalue weighted by Crippen LogP contribution is 2.47. The molecule has 2 aromatic carbocycles. The first-order chi connectivity index (χ1) is 30.1. The predicted molar refractivity (Wildman–Crippen MR) is 273 cm³/mol. The molecule has 6 nitrogen and oxygen atoms in total. The molecule has 0 aromatic heterocycles. The normalized spacial score (nSPS) is 22.8. The highest BCUT2D eigenvalue weighted by molar-refractivity contribution is 5.60. The number of benzene rings is 2. The van der Waals surface area contributed by atoms with Gasteiger partial charge in [0.2, 0.25) is 0 Å². The molecule has 2 aliphatic rings. The van der Waals surface area contributed by atoms with Crippen molar-refractivity contribution >= 4 is 0 Å². The molecule has 0 fully saturated rings. The van der Waals surface area contributed by atoms with Gasteiger partial charge < -0.3 is 19.7 Å². The van der Waals surface area contributed by atoms with Gasteiger partial charge in [-0.15, -0.1) is 0 Å². The van der Waals surface area contributed by atoms with Crippen LogP contribution in [0.2, 0.25) is 0 Å². The molecule has 2 heterocycles. The van der Waals surface area contributed by atoms with E-state index in [-0.39, 0.29) is 12.1 Å². The maximum absolute atomic E-state index is 11.2. The van der Waals surface area contributed by atoms with Crippen LogP contribution in [0.15, 0.2) is 0 Å². The minimum Gasteiger partial charge on any atom is -0.507 e. The zero-order chi connectivity index (χ0) is 47.5. The first kappa shape index (κ1) is 54.2. The molecule has 366 valence electrons. The molecule has 64 heavy (non-hydrogen) atoms. The summed E-state index contributed by atoms with van der Waals surface area (Å²) in [5.74, 6) is 7.31. The molecule has 0 saturated heterocycles. The number of hydrogen-bond acceptors (Lipinski definition) is 6. The second kappa shape index (κ2) is 24.5. The van der Waals surface area contributed by atoms with Crippen LogP contribution in [0.4, 0.5) is 0 Å². The molecule has 2 aliphatic heterocycles. The number of phenols is 2. The molecule has 0 bridgehead atoms. The average Bonchev–Trinajstić information content (AvgIpc) is 3.22. The van der Waals surface area contributed by atoms with E-state index in [0.717, 1.165) is 118 Å². The third-order valence-corrected chi connectivity index (χ3v) is 16.6. The Balaban J connectivity index is 1.49. The highest BCUT2D eigenvalue weighted by atomic mass is 16.5. The molecule has 2 unspecified atom stereocenters. The maximum atomic E-state index is 11.2. The van der Waals surface area contributed by atoms with Gasteiger partial charge in [-0.1, -0.05) is 145 Å². The van der Waals surface area contributed by atoms with Crippen molar-refractivity contribution in [3.63, 3.8) is 0 Å². The quantitative estimate of drug-likeness (QED) is 0.0669. The molecule has 0 aliphatic carbocycles. The number of nitrogens with one attached hydrogen (secondary N) is 2. The minimum atomic E-state index is -0.460. The Hall–Kier alpha value is -2.44. The summed E-state index contributed by atoms with van der Waals surface area (Å²) < 4.78 is 14.5. The average molecular weight is 889 g/mol. The van der Waals surface area contributed by atoms with E-state index in [2.05, 4.69) is 93.9 Å². The summed E-state index contributed by atoms with van der Waals surface area (Å²) in [7, 11) is 0. The third kappa shape index (κ3) is 14.5. The van der Waals surface area contributed by atoms with E-state index in [1.54, 1.807) is 0 Å². The van der Waals surface area contributed by atoms with Crippen molar-refractivity contribution < 1.29 is 19.7 Å². The van der Waals surface area contributed by atoms with E-state index in [4.69, 9.17) is 9.47 Å². The van der Waals surface area contributed by atoms with Crippen LogP contribution in [-0.4, -0.2) is 33.5 Å². The fourth-order valence-corrected chi connectivity index (χ4v) is 11.2. The van der Waals surface area contributed by atoms with Crippen molar-refractivity contribution in [2.45, 2.75) is 262 Å². The van der Waals surface area contributed by atoms with Crippen LogP contribution in [-0.2, 0) is 12.8 Å². The lowest BCUT2D eigenvalue weighted by atomic mass is 9.79. The van der Waals surface area contributed by atoms with Crippen LogP contribution >= 0.6 is 0 Å². The van der Waals surface area contributed by atoms with E-state index in [1.807, 2.05) is 27.7 Å². The van der Waals surface area contributed by atoms with Gasteiger partial charge in [0.15, 0.2) is 0 Å². The van der Waals surface area contributed by atoms with Gasteiger partial charge >= 0.3 is 0 Å². The molecular weight excluding hydrogens is 789 g/mol. The Morgan fingerprint density at radius 3 is 1.02 bits per heavy atom. The Kier molecular flexibility index (Phi) is 20.8. The van der Waals surface area contributed by atoms with Crippen LogP contribution < -0.4 is 20.3 Å². The van der Waals surface area contributed by atoms with E-state index >= 15 is 0 Å².